The smallest absolute Gasteiger partial charge is 0.246 e. The second-order valence-electron chi connectivity index (χ2n) is 4.92. The Kier molecular flexibility index (Phi) is 6.94. The SMILES string of the molecule is CC.CNc1cc2n(n1)CCN(C(=O)/C=C/CN(C)C)C2. The molecule has 0 saturated heterocycles. The monoisotopic (exact) mass is 293 g/mol. The minimum absolute atomic E-state index is 0.0697. The minimum Gasteiger partial charge on any atom is -0.372 e. The Morgan fingerprint density at radius 2 is 2.14 bits per heavy atom. The van der Waals surface area contributed by atoms with Gasteiger partial charge in [-0.25, -0.2) is 0 Å². The van der Waals surface area contributed by atoms with E-state index >= 15 is 0 Å². The first kappa shape index (κ1) is 17.2. The summed E-state index contributed by atoms with van der Waals surface area (Å²) in [6.07, 6.45) is 3.55. The molecule has 0 aromatic carbocycles. The van der Waals surface area contributed by atoms with Crippen molar-refractivity contribution in [2.24, 2.45) is 0 Å². The van der Waals surface area contributed by atoms with Crippen molar-refractivity contribution in [3.63, 3.8) is 0 Å². The lowest BCUT2D eigenvalue weighted by Crippen LogP contribution is -2.37. The number of carbonyl (C=O) groups excluding carboxylic acids is 1. The second-order valence-corrected chi connectivity index (χ2v) is 4.92. The average Bonchev–Trinajstić information content (AvgIpc) is 2.90. The second kappa shape index (κ2) is 8.46. The van der Waals surface area contributed by atoms with Crippen LogP contribution in [0.4, 0.5) is 5.82 Å². The molecule has 6 nitrogen and oxygen atoms in total. The first-order chi connectivity index (χ1) is 10.1. The minimum atomic E-state index is 0.0697. The molecule has 6 heteroatoms. The summed E-state index contributed by atoms with van der Waals surface area (Å²) >= 11 is 0. The fourth-order valence-electron chi connectivity index (χ4n) is 2.05. The van der Waals surface area contributed by atoms with E-state index in [4.69, 9.17) is 0 Å². The summed E-state index contributed by atoms with van der Waals surface area (Å²) in [4.78, 5) is 15.9. The number of amides is 1. The number of fused-ring (bicyclic) bond motifs is 1. The zero-order valence-electron chi connectivity index (χ0n) is 13.8. The van der Waals surface area contributed by atoms with E-state index in [2.05, 4.69) is 10.4 Å². The predicted molar refractivity (Wildman–Crippen MR) is 86.2 cm³/mol. The number of likely N-dealkylation sites (N-methyl/N-ethyl adjacent to an activating group) is 1. The van der Waals surface area contributed by atoms with E-state index in [0.717, 1.165) is 24.6 Å². The van der Waals surface area contributed by atoms with Gasteiger partial charge in [-0.3, -0.25) is 9.48 Å². The van der Waals surface area contributed by atoms with Crippen LogP contribution in [0.2, 0.25) is 0 Å². The molecule has 1 amide bonds. The molecule has 2 rings (SSSR count). The topological polar surface area (TPSA) is 53.4 Å². The number of aromatic nitrogens is 2. The fourth-order valence-corrected chi connectivity index (χ4v) is 2.05. The normalized spacial score (nSPS) is 13.9. The molecule has 0 atom stereocenters. The number of hydrogen-bond donors (Lipinski definition) is 1. The molecular formula is C15H27N5O. The number of carbonyl (C=O) groups is 1. The van der Waals surface area contributed by atoms with Crippen molar-refractivity contribution in [2.75, 3.05) is 39.5 Å². The van der Waals surface area contributed by atoms with Crippen molar-refractivity contribution in [1.29, 1.82) is 0 Å². The number of hydrogen-bond acceptors (Lipinski definition) is 4. The summed E-state index contributed by atoms with van der Waals surface area (Å²) in [5, 5.41) is 7.41. The van der Waals surface area contributed by atoms with Crippen LogP contribution in [0.25, 0.3) is 0 Å². The maximum Gasteiger partial charge on any atom is 0.246 e. The van der Waals surface area contributed by atoms with Crippen LogP contribution in [-0.2, 0) is 17.9 Å². The Balaban J connectivity index is 0.00000106. The van der Waals surface area contributed by atoms with Crippen molar-refractivity contribution in [1.82, 2.24) is 19.6 Å². The molecule has 0 bridgehead atoms. The molecule has 0 radical (unpaired) electrons. The van der Waals surface area contributed by atoms with Gasteiger partial charge in [0.05, 0.1) is 18.8 Å². The van der Waals surface area contributed by atoms with Crippen LogP contribution in [0.15, 0.2) is 18.2 Å². The molecule has 118 valence electrons. The third kappa shape index (κ3) is 4.90. The molecule has 1 N–H and O–H groups in total. The number of anilines is 1. The highest BCUT2D eigenvalue weighted by molar-refractivity contribution is 5.87. The van der Waals surface area contributed by atoms with Gasteiger partial charge in [-0.05, 0) is 14.1 Å². The summed E-state index contributed by atoms with van der Waals surface area (Å²) in [6.45, 7) is 6.87. The maximum absolute atomic E-state index is 12.0. The van der Waals surface area contributed by atoms with E-state index in [0.29, 0.717) is 13.1 Å². The van der Waals surface area contributed by atoms with Crippen LogP contribution < -0.4 is 5.32 Å². The predicted octanol–water partition coefficient (Wildman–Crippen LogP) is 1.41. The van der Waals surface area contributed by atoms with Gasteiger partial charge in [0.2, 0.25) is 5.91 Å². The highest BCUT2D eigenvalue weighted by Gasteiger charge is 2.20. The molecule has 0 aliphatic carbocycles. The average molecular weight is 293 g/mol. The summed E-state index contributed by atoms with van der Waals surface area (Å²) in [5.41, 5.74) is 1.07. The summed E-state index contributed by atoms with van der Waals surface area (Å²) in [5.74, 6) is 0.924. The van der Waals surface area contributed by atoms with E-state index in [9.17, 15) is 4.79 Å². The highest BCUT2D eigenvalue weighted by atomic mass is 16.2. The van der Waals surface area contributed by atoms with Crippen molar-refractivity contribution in [3.8, 4) is 0 Å². The van der Waals surface area contributed by atoms with E-state index in [1.165, 1.54) is 0 Å². The molecule has 0 unspecified atom stereocenters. The zero-order valence-corrected chi connectivity index (χ0v) is 13.8. The van der Waals surface area contributed by atoms with Gasteiger partial charge in [-0.1, -0.05) is 19.9 Å². The van der Waals surface area contributed by atoms with Crippen molar-refractivity contribution >= 4 is 11.7 Å². The van der Waals surface area contributed by atoms with Crippen molar-refractivity contribution < 1.29 is 4.79 Å². The molecule has 1 aliphatic heterocycles. The first-order valence-electron chi connectivity index (χ1n) is 7.45. The molecule has 1 aromatic rings. The van der Waals surface area contributed by atoms with Crippen LogP contribution in [0, 0.1) is 0 Å². The van der Waals surface area contributed by atoms with E-state index in [1.54, 1.807) is 6.08 Å². The lowest BCUT2D eigenvalue weighted by Gasteiger charge is -2.26. The molecule has 0 saturated carbocycles. The maximum atomic E-state index is 12.0. The van der Waals surface area contributed by atoms with E-state index in [-0.39, 0.29) is 5.91 Å². The standard InChI is InChI=1S/C13H21N5O.C2H6/c1-14-12-9-11-10-17(7-8-18(11)15-12)13(19)5-4-6-16(2)3;1-2/h4-5,9H,6-8,10H2,1-3H3,(H,14,15);1-2H3/b5-4+;. The molecule has 1 aliphatic rings. The Hall–Kier alpha value is -1.82. The largest absolute Gasteiger partial charge is 0.372 e. The van der Waals surface area contributed by atoms with Gasteiger partial charge in [0.15, 0.2) is 0 Å². The summed E-state index contributed by atoms with van der Waals surface area (Å²) in [7, 11) is 5.81. The lowest BCUT2D eigenvalue weighted by atomic mass is 10.3. The van der Waals surface area contributed by atoms with Crippen LogP contribution >= 0.6 is 0 Å². The van der Waals surface area contributed by atoms with E-state index in [1.807, 2.05) is 61.6 Å². The summed E-state index contributed by atoms with van der Waals surface area (Å²) in [6, 6.07) is 1.99. The van der Waals surface area contributed by atoms with Crippen molar-refractivity contribution in [3.05, 3.63) is 23.9 Å². The van der Waals surface area contributed by atoms with Crippen molar-refractivity contribution in [2.45, 2.75) is 26.9 Å². The molecule has 0 spiro atoms. The molecule has 1 aromatic heterocycles. The van der Waals surface area contributed by atoms with Crippen LogP contribution in [0.1, 0.15) is 19.5 Å². The fraction of sp³-hybridized carbons (Fsp3) is 0.600. The molecule has 2 heterocycles. The van der Waals surface area contributed by atoms with Crippen LogP contribution in [0.5, 0.6) is 0 Å². The van der Waals surface area contributed by atoms with Gasteiger partial charge >= 0.3 is 0 Å². The zero-order chi connectivity index (χ0) is 15.8. The third-order valence-electron chi connectivity index (χ3n) is 3.10. The molecular weight excluding hydrogens is 266 g/mol. The Morgan fingerprint density at radius 1 is 1.43 bits per heavy atom. The van der Waals surface area contributed by atoms with Gasteiger partial charge in [0.1, 0.15) is 5.82 Å². The van der Waals surface area contributed by atoms with Crippen LogP contribution in [-0.4, -0.2) is 59.7 Å². The van der Waals surface area contributed by atoms with Gasteiger partial charge < -0.3 is 15.1 Å². The number of nitrogens with one attached hydrogen (secondary N) is 1. The van der Waals surface area contributed by atoms with Gasteiger partial charge in [0.25, 0.3) is 0 Å². The number of nitrogens with zero attached hydrogens (tertiary/aromatic N) is 4. The van der Waals surface area contributed by atoms with Gasteiger partial charge in [-0.2, -0.15) is 5.10 Å². The molecule has 0 fully saturated rings. The van der Waals surface area contributed by atoms with E-state index < -0.39 is 0 Å². The lowest BCUT2D eigenvalue weighted by molar-refractivity contribution is -0.127. The number of rotatable bonds is 4. The Labute approximate surface area is 127 Å². The van der Waals surface area contributed by atoms with Gasteiger partial charge in [-0.15, -0.1) is 0 Å². The first-order valence-corrected chi connectivity index (χ1v) is 7.45. The van der Waals surface area contributed by atoms with Gasteiger partial charge in [0, 0.05) is 32.3 Å². The third-order valence-corrected chi connectivity index (χ3v) is 3.10. The molecule has 21 heavy (non-hydrogen) atoms. The van der Waals surface area contributed by atoms with Crippen LogP contribution in [0.3, 0.4) is 0 Å². The highest BCUT2D eigenvalue weighted by Crippen LogP contribution is 2.16. The summed E-state index contributed by atoms with van der Waals surface area (Å²) < 4.78 is 1.96. The Morgan fingerprint density at radius 3 is 2.76 bits per heavy atom. The quantitative estimate of drug-likeness (QED) is 0.853. The Bertz CT molecular complexity index is 478.